The highest BCUT2D eigenvalue weighted by molar-refractivity contribution is 5.97. The van der Waals surface area contributed by atoms with E-state index in [1.807, 2.05) is 0 Å². The molecule has 0 aliphatic heterocycles. The lowest BCUT2D eigenvalue weighted by molar-refractivity contribution is -0.138. The first-order chi connectivity index (χ1) is 9.06. The lowest BCUT2D eigenvalue weighted by atomic mass is 10.2. The van der Waals surface area contributed by atoms with E-state index in [-0.39, 0.29) is 0 Å². The van der Waals surface area contributed by atoms with Crippen LogP contribution in [0.25, 0.3) is 11.0 Å². The van der Waals surface area contributed by atoms with Gasteiger partial charge in [-0.2, -0.15) is 0 Å². The number of carboxylic acids is 1. The molecular weight excluding hydrogens is 248 g/mol. The second kappa shape index (κ2) is 5.40. The fraction of sp³-hybridized carbons (Fsp3) is 0.167. The molecule has 1 aromatic heterocycles. The number of nitrogens with one attached hydrogen (secondary N) is 1. The zero-order valence-electron chi connectivity index (χ0n) is 9.91. The van der Waals surface area contributed by atoms with Crippen LogP contribution >= 0.6 is 0 Å². The number of hydrogen-bond donors (Lipinski definition) is 3. The van der Waals surface area contributed by atoms with Crippen LogP contribution in [-0.4, -0.2) is 33.0 Å². The molecule has 0 radical (unpaired) electrons. The first-order valence-corrected chi connectivity index (χ1v) is 5.55. The maximum Gasteiger partial charge on any atom is 0.305 e. The van der Waals surface area contributed by atoms with Crippen molar-refractivity contribution < 1.29 is 14.7 Å². The van der Waals surface area contributed by atoms with Crippen molar-refractivity contribution in [3.63, 3.8) is 0 Å². The molecule has 0 saturated heterocycles. The standard InChI is InChI=1S/C12H12N4O3/c13-8(6-11(17)18)12(19)16-7-1-2-9-10(5-7)15-4-3-14-9/h1-5,8H,6,13H2,(H,16,19)(H,17,18). The first-order valence-electron chi connectivity index (χ1n) is 5.55. The summed E-state index contributed by atoms with van der Waals surface area (Å²) in [6.07, 6.45) is 2.70. The average Bonchev–Trinajstić information content (AvgIpc) is 2.37. The van der Waals surface area contributed by atoms with Crippen molar-refractivity contribution in [1.29, 1.82) is 0 Å². The lowest BCUT2D eigenvalue weighted by Gasteiger charge is -2.10. The van der Waals surface area contributed by atoms with Crippen molar-refractivity contribution in [2.45, 2.75) is 12.5 Å². The van der Waals surface area contributed by atoms with Crippen LogP contribution in [0, 0.1) is 0 Å². The predicted octanol–water partition coefficient (Wildman–Crippen LogP) is 0.370. The highest BCUT2D eigenvalue weighted by Gasteiger charge is 2.17. The Hall–Kier alpha value is -2.54. The first kappa shape index (κ1) is 12.9. The molecule has 0 spiro atoms. The van der Waals surface area contributed by atoms with Crippen LogP contribution in [0.2, 0.25) is 0 Å². The van der Waals surface area contributed by atoms with Gasteiger partial charge in [0.15, 0.2) is 0 Å². The summed E-state index contributed by atoms with van der Waals surface area (Å²) in [7, 11) is 0. The fourth-order valence-electron chi connectivity index (χ4n) is 1.56. The molecule has 2 aromatic rings. The molecule has 0 aliphatic rings. The third kappa shape index (κ3) is 3.23. The van der Waals surface area contributed by atoms with Gasteiger partial charge in [-0.05, 0) is 18.2 Å². The van der Waals surface area contributed by atoms with E-state index in [1.165, 1.54) is 0 Å². The van der Waals surface area contributed by atoms with E-state index in [9.17, 15) is 9.59 Å². The number of nitrogens with two attached hydrogens (primary N) is 1. The van der Waals surface area contributed by atoms with E-state index in [1.54, 1.807) is 30.6 Å². The molecule has 1 amide bonds. The molecule has 1 atom stereocenters. The Morgan fingerprint density at radius 1 is 1.26 bits per heavy atom. The summed E-state index contributed by atoms with van der Waals surface area (Å²) >= 11 is 0. The van der Waals surface area contributed by atoms with Gasteiger partial charge in [0.05, 0.1) is 23.5 Å². The van der Waals surface area contributed by atoms with Gasteiger partial charge < -0.3 is 16.2 Å². The number of hydrogen-bond acceptors (Lipinski definition) is 5. The minimum absolute atomic E-state index is 0.417. The molecule has 7 nitrogen and oxygen atoms in total. The molecule has 19 heavy (non-hydrogen) atoms. The number of carbonyl (C=O) groups is 2. The molecule has 7 heteroatoms. The highest BCUT2D eigenvalue weighted by Crippen LogP contribution is 2.15. The Kier molecular flexibility index (Phi) is 3.67. The predicted molar refractivity (Wildman–Crippen MR) is 68.4 cm³/mol. The van der Waals surface area contributed by atoms with Crippen LogP contribution < -0.4 is 11.1 Å². The van der Waals surface area contributed by atoms with Crippen molar-refractivity contribution in [2.24, 2.45) is 5.73 Å². The van der Waals surface area contributed by atoms with Crippen molar-refractivity contribution in [3.8, 4) is 0 Å². The van der Waals surface area contributed by atoms with Crippen molar-refractivity contribution in [1.82, 2.24) is 9.97 Å². The van der Waals surface area contributed by atoms with E-state index in [0.717, 1.165) is 0 Å². The summed E-state index contributed by atoms with van der Waals surface area (Å²) in [6, 6.07) is 3.92. The number of anilines is 1. The SMILES string of the molecule is NC(CC(=O)O)C(=O)Nc1ccc2nccnc2c1. The van der Waals surface area contributed by atoms with Crippen LogP contribution in [-0.2, 0) is 9.59 Å². The number of carboxylic acid groups (broad SMARTS) is 1. The molecule has 1 aromatic carbocycles. The average molecular weight is 260 g/mol. The van der Waals surface area contributed by atoms with E-state index in [4.69, 9.17) is 10.8 Å². The second-order valence-corrected chi connectivity index (χ2v) is 3.95. The Balaban J connectivity index is 2.12. The molecule has 4 N–H and O–H groups in total. The summed E-state index contributed by atoms with van der Waals surface area (Å²) in [6.45, 7) is 0. The van der Waals surface area contributed by atoms with Crippen LogP contribution in [0.1, 0.15) is 6.42 Å². The molecule has 2 rings (SSSR count). The van der Waals surface area contributed by atoms with E-state index in [2.05, 4.69) is 15.3 Å². The molecule has 0 saturated carbocycles. The summed E-state index contributed by atoms with van der Waals surface area (Å²) in [4.78, 5) is 30.3. The van der Waals surface area contributed by atoms with Gasteiger partial charge >= 0.3 is 5.97 Å². The quantitative estimate of drug-likeness (QED) is 0.730. The van der Waals surface area contributed by atoms with Gasteiger partial charge in [-0.25, -0.2) is 0 Å². The maximum absolute atomic E-state index is 11.6. The van der Waals surface area contributed by atoms with Crippen LogP contribution in [0.15, 0.2) is 30.6 Å². The number of amides is 1. The molecule has 0 fully saturated rings. The van der Waals surface area contributed by atoms with Gasteiger partial charge in [-0.3, -0.25) is 19.6 Å². The molecule has 1 heterocycles. The number of benzene rings is 1. The Labute approximate surface area is 108 Å². The van der Waals surface area contributed by atoms with E-state index < -0.39 is 24.3 Å². The molecular formula is C12H12N4O3. The van der Waals surface area contributed by atoms with Gasteiger partial charge in [0.2, 0.25) is 5.91 Å². The normalized spacial score (nSPS) is 12.1. The highest BCUT2D eigenvalue weighted by atomic mass is 16.4. The number of fused-ring (bicyclic) bond motifs is 1. The second-order valence-electron chi connectivity index (χ2n) is 3.95. The third-order valence-corrected chi connectivity index (χ3v) is 2.47. The Bertz CT molecular complexity index is 629. The van der Waals surface area contributed by atoms with E-state index in [0.29, 0.717) is 16.7 Å². The maximum atomic E-state index is 11.6. The molecule has 98 valence electrons. The van der Waals surface area contributed by atoms with Gasteiger partial charge in [0.25, 0.3) is 0 Å². The minimum Gasteiger partial charge on any atom is -0.481 e. The zero-order chi connectivity index (χ0) is 13.8. The molecule has 0 aliphatic carbocycles. The van der Waals surface area contributed by atoms with Crippen LogP contribution in [0.5, 0.6) is 0 Å². The van der Waals surface area contributed by atoms with Crippen molar-refractivity contribution in [3.05, 3.63) is 30.6 Å². The van der Waals surface area contributed by atoms with Crippen molar-refractivity contribution in [2.75, 3.05) is 5.32 Å². The monoisotopic (exact) mass is 260 g/mol. The summed E-state index contributed by atoms with van der Waals surface area (Å²) < 4.78 is 0. The minimum atomic E-state index is -1.12. The van der Waals surface area contributed by atoms with Gasteiger partial charge in [0.1, 0.15) is 0 Å². The smallest absolute Gasteiger partial charge is 0.305 e. The lowest BCUT2D eigenvalue weighted by Crippen LogP contribution is -2.37. The summed E-state index contributed by atoms with van der Waals surface area (Å²) in [5.41, 5.74) is 7.29. The van der Waals surface area contributed by atoms with Gasteiger partial charge in [-0.15, -0.1) is 0 Å². The van der Waals surface area contributed by atoms with Crippen LogP contribution in [0.4, 0.5) is 5.69 Å². The van der Waals surface area contributed by atoms with Crippen molar-refractivity contribution >= 4 is 28.6 Å². The van der Waals surface area contributed by atoms with E-state index >= 15 is 0 Å². The largest absolute Gasteiger partial charge is 0.481 e. The Morgan fingerprint density at radius 2 is 1.95 bits per heavy atom. The topological polar surface area (TPSA) is 118 Å². The number of nitrogens with zero attached hydrogens (tertiary/aromatic N) is 2. The third-order valence-electron chi connectivity index (χ3n) is 2.47. The van der Waals surface area contributed by atoms with Gasteiger partial charge in [-0.1, -0.05) is 0 Å². The number of rotatable bonds is 4. The van der Waals surface area contributed by atoms with Gasteiger partial charge in [0, 0.05) is 18.1 Å². The number of carbonyl (C=O) groups excluding carboxylic acids is 1. The number of aromatic nitrogens is 2. The summed E-state index contributed by atoms with van der Waals surface area (Å²) in [5.74, 6) is -1.67. The zero-order valence-corrected chi connectivity index (χ0v) is 9.91. The summed E-state index contributed by atoms with van der Waals surface area (Å²) in [5, 5.41) is 11.1. The number of aliphatic carboxylic acids is 1. The van der Waals surface area contributed by atoms with Crippen LogP contribution in [0.3, 0.4) is 0 Å². The fourth-order valence-corrected chi connectivity index (χ4v) is 1.56. The molecule has 0 bridgehead atoms. The Morgan fingerprint density at radius 3 is 2.63 bits per heavy atom. The molecule has 1 unspecified atom stereocenters.